The van der Waals surface area contributed by atoms with Crippen LogP contribution in [-0.4, -0.2) is 155 Å². The second-order valence-corrected chi connectivity index (χ2v) is 12.6. The molecule has 19 nitrogen and oxygen atoms in total. The number of phenols is 2. The fourth-order valence-electron chi connectivity index (χ4n) is 5.87. The summed E-state index contributed by atoms with van der Waals surface area (Å²) < 4.78 is 39.1. The molecule has 0 unspecified atom stereocenters. The van der Waals surface area contributed by atoms with Gasteiger partial charge in [-0.1, -0.05) is 0 Å². The first-order valence-corrected chi connectivity index (χ1v) is 15.7. The zero-order chi connectivity index (χ0) is 36.9. The van der Waals surface area contributed by atoms with Gasteiger partial charge in [0.25, 0.3) is 0 Å². The van der Waals surface area contributed by atoms with E-state index in [1.165, 1.54) is 31.2 Å². The lowest BCUT2D eigenvalue weighted by Gasteiger charge is -2.42. The molecule has 280 valence electrons. The Hall–Kier alpha value is -3.67. The fourth-order valence-corrected chi connectivity index (χ4v) is 5.87. The highest BCUT2D eigenvalue weighted by Gasteiger charge is 2.50. The van der Waals surface area contributed by atoms with Crippen molar-refractivity contribution in [2.75, 3.05) is 19.8 Å². The summed E-state index contributed by atoms with van der Waals surface area (Å²) in [4.78, 5) is 13.8. The van der Waals surface area contributed by atoms with Crippen LogP contribution in [-0.2, 0) is 18.9 Å². The van der Waals surface area contributed by atoms with Crippen LogP contribution in [0.3, 0.4) is 0 Å². The number of hydrogen-bond acceptors (Lipinski definition) is 19. The highest BCUT2D eigenvalue weighted by atomic mass is 16.7. The third-order valence-electron chi connectivity index (χ3n) is 9.00. The van der Waals surface area contributed by atoms with Crippen LogP contribution in [0.2, 0.25) is 0 Å². The van der Waals surface area contributed by atoms with E-state index in [0.29, 0.717) is 0 Å². The van der Waals surface area contributed by atoms with E-state index in [1.807, 2.05) is 0 Å². The molecule has 0 aliphatic carbocycles. The normalized spacial score (nSPS) is 37.1. The van der Waals surface area contributed by atoms with Gasteiger partial charge in [0.2, 0.25) is 23.8 Å². The SMILES string of the molecule is C[C@@H]1O[C@@H](OC[C@@H]2O[C@@H](Oc3cc(O)c4c(=O)c(O[C@H]5OC[C@@](O)(CO)[C@@H]5O)c(-c5ccc(O)cc5)oc4c3)[C@@H](O)[C@H](O)[C@@H]2O)[C@H](O)[C@H](O)[C@H]1O. The number of benzene rings is 2. The minimum atomic E-state index is -2.09. The molecule has 3 aliphatic rings. The van der Waals surface area contributed by atoms with Crippen LogP contribution >= 0.6 is 0 Å². The minimum Gasteiger partial charge on any atom is -0.508 e. The highest BCUT2D eigenvalue weighted by molar-refractivity contribution is 5.88. The summed E-state index contributed by atoms with van der Waals surface area (Å²) >= 11 is 0. The van der Waals surface area contributed by atoms with Gasteiger partial charge in [0.05, 0.1) is 25.9 Å². The predicted octanol–water partition coefficient (Wildman–Crippen LogP) is -3.28. The fraction of sp³-hybridized carbons (Fsp3) is 0.531. The smallest absolute Gasteiger partial charge is 0.239 e. The van der Waals surface area contributed by atoms with E-state index in [2.05, 4.69) is 0 Å². The summed E-state index contributed by atoms with van der Waals surface area (Å²) in [6.45, 7) is -0.551. The molecule has 19 heteroatoms. The molecular weight excluding hydrogens is 688 g/mol. The van der Waals surface area contributed by atoms with Crippen LogP contribution in [0.4, 0.5) is 0 Å². The number of aromatic hydroxyl groups is 2. The number of rotatable bonds is 9. The van der Waals surface area contributed by atoms with Crippen LogP contribution in [0.15, 0.2) is 45.6 Å². The van der Waals surface area contributed by atoms with E-state index < -0.39 is 122 Å². The topological polar surface area (TPSA) is 308 Å². The van der Waals surface area contributed by atoms with Gasteiger partial charge in [0.15, 0.2) is 12.1 Å². The number of aliphatic hydroxyl groups excluding tert-OH is 8. The number of fused-ring (bicyclic) bond motifs is 1. The van der Waals surface area contributed by atoms with Gasteiger partial charge in [0, 0.05) is 17.7 Å². The summed E-state index contributed by atoms with van der Waals surface area (Å²) in [5, 5.41) is 113. The molecule has 1 aromatic heterocycles. The van der Waals surface area contributed by atoms with Crippen molar-refractivity contribution in [1.82, 2.24) is 0 Å². The second kappa shape index (κ2) is 14.4. The van der Waals surface area contributed by atoms with Crippen LogP contribution in [0, 0.1) is 0 Å². The van der Waals surface area contributed by atoms with Gasteiger partial charge >= 0.3 is 0 Å². The molecule has 3 aliphatic heterocycles. The Bertz CT molecular complexity index is 1750. The van der Waals surface area contributed by atoms with Gasteiger partial charge in [-0.05, 0) is 31.2 Å². The van der Waals surface area contributed by atoms with Crippen molar-refractivity contribution in [2.45, 2.75) is 86.3 Å². The molecule has 11 N–H and O–H groups in total. The maximum atomic E-state index is 13.8. The minimum absolute atomic E-state index is 0.129. The lowest BCUT2D eigenvalue weighted by molar-refractivity contribution is -0.318. The molecule has 0 radical (unpaired) electrons. The maximum absolute atomic E-state index is 13.8. The molecule has 2 aromatic carbocycles. The molecule has 0 saturated carbocycles. The Kier molecular flexibility index (Phi) is 10.5. The van der Waals surface area contributed by atoms with Gasteiger partial charge in [-0.15, -0.1) is 0 Å². The molecule has 0 bridgehead atoms. The van der Waals surface area contributed by atoms with E-state index in [0.717, 1.165) is 12.1 Å². The van der Waals surface area contributed by atoms with E-state index in [4.69, 9.17) is 32.8 Å². The maximum Gasteiger partial charge on any atom is 0.239 e. The van der Waals surface area contributed by atoms with Crippen molar-refractivity contribution < 1.29 is 89.0 Å². The van der Waals surface area contributed by atoms with Crippen LogP contribution in [0.5, 0.6) is 23.0 Å². The average Bonchev–Trinajstić information content (AvgIpc) is 3.39. The number of phenolic OH excluding ortho intramolecular Hbond substituents is 2. The van der Waals surface area contributed by atoms with Crippen molar-refractivity contribution in [3.05, 3.63) is 46.6 Å². The summed E-state index contributed by atoms with van der Waals surface area (Å²) in [6.07, 6.45) is -19.1. The first kappa shape index (κ1) is 37.1. The molecule has 3 aromatic rings. The van der Waals surface area contributed by atoms with Crippen molar-refractivity contribution in [3.8, 4) is 34.3 Å². The largest absolute Gasteiger partial charge is 0.508 e. The van der Waals surface area contributed by atoms with Gasteiger partial charge in [-0.2, -0.15) is 0 Å². The van der Waals surface area contributed by atoms with Gasteiger partial charge in [-0.3, -0.25) is 4.79 Å². The molecule has 4 heterocycles. The number of ether oxygens (including phenoxy) is 6. The van der Waals surface area contributed by atoms with Gasteiger partial charge in [-0.25, -0.2) is 0 Å². The van der Waals surface area contributed by atoms with E-state index in [1.54, 1.807) is 0 Å². The van der Waals surface area contributed by atoms with Crippen molar-refractivity contribution in [1.29, 1.82) is 0 Å². The predicted molar refractivity (Wildman–Crippen MR) is 165 cm³/mol. The molecule has 0 amide bonds. The summed E-state index contributed by atoms with van der Waals surface area (Å²) in [5.41, 5.74) is -3.19. The third-order valence-corrected chi connectivity index (χ3v) is 9.00. The van der Waals surface area contributed by atoms with Crippen LogP contribution < -0.4 is 14.9 Å². The zero-order valence-corrected chi connectivity index (χ0v) is 26.7. The Labute approximate surface area is 287 Å². The van der Waals surface area contributed by atoms with Crippen LogP contribution in [0.1, 0.15) is 6.92 Å². The Balaban J connectivity index is 1.28. The lowest BCUT2D eigenvalue weighted by Crippen LogP contribution is -2.61. The molecule has 3 saturated heterocycles. The Morgan fingerprint density at radius 1 is 0.824 bits per heavy atom. The molecular formula is C32H38O19. The van der Waals surface area contributed by atoms with Crippen LogP contribution in [0.25, 0.3) is 22.3 Å². The Morgan fingerprint density at radius 2 is 1.49 bits per heavy atom. The Morgan fingerprint density at radius 3 is 2.16 bits per heavy atom. The number of hydrogen-bond donors (Lipinski definition) is 11. The summed E-state index contributed by atoms with van der Waals surface area (Å²) in [7, 11) is 0. The van der Waals surface area contributed by atoms with Crippen molar-refractivity contribution in [3.63, 3.8) is 0 Å². The molecule has 3 fully saturated rings. The van der Waals surface area contributed by atoms with Gasteiger partial charge < -0.3 is 89.0 Å². The first-order valence-electron chi connectivity index (χ1n) is 15.7. The van der Waals surface area contributed by atoms with E-state index in [-0.39, 0.29) is 28.4 Å². The summed E-state index contributed by atoms with van der Waals surface area (Å²) in [6, 6.07) is 7.37. The van der Waals surface area contributed by atoms with Crippen molar-refractivity contribution in [2.24, 2.45) is 0 Å². The van der Waals surface area contributed by atoms with E-state index >= 15 is 0 Å². The van der Waals surface area contributed by atoms with Crippen molar-refractivity contribution >= 4 is 11.0 Å². The highest BCUT2D eigenvalue weighted by Crippen LogP contribution is 2.39. The third kappa shape index (κ3) is 6.97. The monoisotopic (exact) mass is 726 g/mol. The number of aliphatic hydroxyl groups is 9. The average molecular weight is 727 g/mol. The second-order valence-electron chi connectivity index (χ2n) is 12.6. The quantitative estimate of drug-likeness (QED) is 0.103. The molecule has 6 rings (SSSR count). The molecule has 0 spiro atoms. The molecule has 51 heavy (non-hydrogen) atoms. The summed E-state index contributed by atoms with van der Waals surface area (Å²) in [5.74, 6) is -1.96. The first-order chi connectivity index (χ1) is 24.1. The zero-order valence-electron chi connectivity index (χ0n) is 26.7. The lowest BCUT2D eigenvalue weighted by atomic mass is 9.98. The molecule has 13 atom stereocenters. The van der Waals surface area contributed by atoms with Gasteiger partial charge in [0.1, 0.15) is 82.7 Å². The standard InChI is InChI=1S/C32H38O19/c1-11-19(36)22(39)24(41)29(47-11)45-8-17-20(37)23(40)25(42)30(50-17)48-14-6-15(35)18-16(7-14)49-26(12-2-4-13(34)5-3-12)27(21(18)38)51-31-28(43)32(44,9-33)10-46-31/h2-7,11,17,19-20,22-25,28-31,33-37,39-44H,8-10H2,1H3/t11-,17-,19-,20+,22+,23+,24+,25-,28+,29+,30+,31+,32-/m0/s1. The van der Waals surface area contributed by atoms with E-state index in [9.17, 15) is 61.0 Å².